The van der Waals surface area contributed by atoms with Crippen molar-refractivity contribution in [2.45, 2.75) is 20.8 Å². The molecule has 0 unspecified atom stereocenters. The van der Waals surface area contributed by atoms with E-state index in [0.29, 0.717) is 28.0 Å². The fraction of sp³-hybridized carbons (Fsp3) is 0.200. The van der Waals surface area contributed by atoms with Gasteiger partial charge in [-0.3, -0.25) is 4.79 Å². The number of anilines is 1. The fourth-order valence-corrected chi connectivity index (χ4v) is 3.71. The van der Waals surface area contributed by atoms with Crippen LogP contribution in [0.5, 0.6) is 11.5 Å². The lowest BCUT2D eigenvalue weighted by molar-refractivity contribution is -0.118. The molecule has 1 amide bonds. The summed E-state index contributed by atoms with van der Waals surface area (Å²) < 4.78 is 16.5. The van der Waals surface area contributed by atoms with E-state index in [-0.39, 0.29) is 12.5 Å². The second kappa shape index (κ2) is 8.14. The molecule has 4 rings (SSSR count). The second-order valence-corrected chi connectivity index (χ2v) is 7.47. The normalized spacial score (nSPS) is 11.0. The third-order valence-corrected chi connectivity index (χ3v) is 5.39. The molecule has 0 saturated carbocycles. The average Bonchev–Trinajstić information content (AvgIpc) is 2.76. The van der Waals surface area contributed by atoms with Gasteiger partial charge in [-0.05, 0) is 62.2 Å². The molecule has 1 heterocycles. The molecule has 0 saturated heterocycles. The Kier molecular flexibility index (Phi) is 5.38. The Bertz CT molecular complexity index is 1350. The highest BCUT2D eigenvalue weighted by Gasteiger charge is 2.15. The Morgan fingerprint density at radius 2 is 1.68 bits per heavy atom. The molecule has 0 atom stereocenters. The molecule has 158 valence electrons. The predicted molar refractivity (Wildman–Crippen MR) is 121 cm³/mol. The number of nitrogens with one attached hydrogen (secondary N) is 1. The average molecular weight is 417 g/mol. The monoisotopic (exact) mass is 417 g/mol. The van der Waals surface area contributed by atoms with E-state index in [2.05, 4.69) is 5.32 Å². The van der Waals surface area contributed by atoms with Crippen LogP contribution >= 0.6 is 0 Å². The van der Waals surface area contributed by atoms with Gasteiger partial charge in [0.25, 0.3) is 5.91 Å². The van der Waals surface area contributed by atoms with Crippen molar-refractivity contribution in [1.29, 1.82) is 0 Å². The van der Waals surface area contributed by atoms with E-state index in [4.69, 9.17) is 13.9 Å². The number of ether oxygens (including phenoxy) is 2. The van der Waals surface area contributed by atoms with Gasteiger partial charge in [-0.25, -0.2) is 4.79 Å². The molecule has 6 nitrogen and oxygen atoms in total. The molecule has 0 fully saturated rings. The zero-order valence-corrected chi connectivity index (χ0v) is 17.9. The molecule has 3 aromatic carbocycles. The number of benzene rings is 3. The van der Waals surface area contributed by atoms with Crippen molar-refractivity contribution in [2.24, 2.45) is 0 Å². The zero-order valence-electron chi connectivity index (χ0n) is 17.9. The van der Waals surface area contributed by atoms with Gasteiger partial charge < -0.3 is 19.2 Å². The lowest BCUT2D eigenvalue weighted by Crippen LogP contribution is -2.21. The van der Waals surface area contributed by atoms with Gasteiger partial charge in [-0.15, -0.1) is 0 Å². The van der Waals surface area contributed by atoms with Gasteiger partial charge in [-0.1, -0.05) is 18.2 Å². The first-order valence-corrected chi connectivity index (χ1v) is 9.92. The highest BCUT2D eigenvalue weighted by molar-refractivity contribution is 6.06. The number of rotatable bonds is 5. The summed E-state index contributed by atoms with van der Waals surface area (Å²) in [7, 11) is 1.55. The van der Waals surface area contributed by atoms with Crippen molar-refractivity contribution in [2.75, 3.05) is 19.0 Å². The van der Waals surface area contributed by atoms with Crippen molar-refractivity contribution >= 4 is 33.3 Å². The number of fused-ring (bicyclic) bond motifs is 3. The second-order valence-electron chi connectivity index (χ2n) is 7.47. The number of hydrogen-bond acceptors (Lipinski definition) is 5. The van der Waals surface area contributed by atoms with Crippen molar-refractivity contribution < 1.29 is 18.7 Å². The largest absolute Gasteiger partial charge is 0.497 e. The molecule has 0 aliphatic rings. The number of methoxy groups -OCH3 is 1. The number of para-hydroxylation sites is 1. The van der Waals surface area contributed by atoms with Crippen LogP contribution in [0.2, 0.25) is 0 Å². The summed E-state index contributed by atoms with van der Waals surface area (Å²) in [6.07, 6.45) is 0. The van der Waals surface area contributed by atoms with E-state index in [1.54, 1.807) is 32.2 Å². The van der Waals surface area contributed by atoms with E-state index >= 15 is 0 Å². The molecule has 0 aliphatic heterocycles. The Morgan fingerprint density at radius 1 is 0.968 bits per heavy atom. The Morgan fingerprint density at radius 3 is 2.39 bits per heavy atom. The first-order valence-electron chi connectivity index (χ1n) is 9.92. The van der Waals surface area contributed by atoms with Crippen LogP contribution in [0.4, 0.5) is 5.69 Å². The highest BCUT2D eigenvalue weighted by atomic mass is 16.5. The summed E-state index contributed by atoms with van der Waals surface area (Å²) in [6, 6.07) is 14.8. The summed E-state index contributed by atoms with van der Waals surface area (Å²) >= 11 is 0. The van der Waals surface area contributed by atoms with E-state index in [1.165, 1.54) is 0 Å². The molecule has 6 heteroatoms. The minimum absolute atomic E-state index is 0.158. The molecular weight excluding hydrogens is 394 g/mol. The quantitative estimate of drug-likeness (QED) is 0.369. The SMILES string of the molecule is COc1ccc2c(c1)c(=O)oc1c(C)c(OCC(=O)Nc3c(C)cccc3C)ccc12. The maximum absolute atomic E-state index is 12.5. The highest BCUT2D eigenvalue weighted by Crippen LogP contribution is 2.32. The van der Waals surface area contributed by atoms with Crippen LogP contribution in [0.1, 0.15) is 16.7 Å². The Balaban J connectivity index is 1.62. The first-order chi connectivity index (χ1) is 14.9. The number of carbonyl (C=O) groups excluding carboxylic acids is 1. The summed E-state index contributed by atoms with van der Waals surface area (Å²) in [5.74, 6) is 0.815. The van der Waals surface area contributed by atoms with E-state index in [0.717, 1.165) is 27.6 Å². The van der Waals surface area contributed by atoms with Crippen molar-refractivity contribution in [3.63, 3.8) is 0 Å². The van der Waals surface area contributed by atoms with Crippen LogP contribution < -0.4 is 20.4 Å². The molecule has 0 radical (unpaired) electrons. The van der Waals surface area contributed by atoms with Gasteiger partial charge >= 0.3 is 5.63 Å². The third-order valence-electron chi connectivity index (χ3n) is 5.39. The fourth-order valence-electron chi connectivity index (χ4n) is 3.71. The minimum Gasteiger partial charge on any atom is -0.497 e. The number of carbonyl (C=O) groups is 1. The van der Waals surface area contributed by atoms with Crippen LogP contribution in [-0.2, 0) is 4.79 Å². The van der Waals surface area contributed by atoms with Gasteiger partial charge in [-0.2, -0.15) is 0 Å². The standard InChI is InChI=1S/C25H23NO5/c1-14-6-5-7-15(2)23(14)26-22(27)13-30-21-11-10-19-18-9-8-17(29-4)12-20(18)25(28)31-24(19)16(21)3/h5-12H,13H2,1-4H3,(H,26,27). The van der Waals surface area contributed by atoms with Gasteiger partial charge in [0.2, 0.25) is 0 Å². The maximum atomic E-state index is 12.5. The first kappa shape index (κ1) is 20.5. The van der Waals surface area contributed by atoms with E-state index in [9.17, 15) is 9.59 Å². The van der Waals surface area contributed by atoms with Gasteiger partial charge in [0, 0.05) is 22.0 Å². The van der Waals surface area contributed by atoms with Crippen molar-refractivity contribution in [1.82, 2.24) is 0 Å². The smallest absolute Gasteiger partial charge is 0.344 e. The molecule has 0 spiro atoms. The van der Waals surface area contributed by atoms with Crippen LogP contribution in [0.15, 0.2) is 57.7 Å². The summed E-state index contributed by atoms with van der Waals surface area (Å²) in [5, 5.41) is 4.92. The summed E-state index contributed by atoms with van der Waals surface area (Å²) in [6.45, 7) is 5.53. The van der Waals surface area contributed by atoms with Gasteiger partial charge in [0.05, 0.1) is 12.5 Å². The summed E-state index contributed by atoms with van der Waals surface area (Å²) in [5.41, 5.74) is 3.41. The van der Waals surface area contributed by atoms with Crippen molar-refractivity contribution in [3.8, 4) is 11.5 Å². The van der Waals surface area contributed by atoms with Crippen LogP contribution in [-0.4, -0.2) is 19.6 Å². The molecule has 1 aromatic heterocycles. The molecule has 0 bridgehead atoms. The topological polar surface area (TPSA) is 77.8 Å². The lowest BCUT2D eigenvalue weighted by atomic mass is 10.0. The third kappa shape index (κ3) is 3.84. The number of amides is 1. The van der Waals surface area contributed by atoms with Gasteiger partial charge in [0.1, 0.15) is 17.1 Å². The molecule has 31 heavy (non-hydrogen) atoms. The number of aryl methyl sites for hydroxylation is 3. The minimum atomic E-state index is -0.450. The molecule has 4 aromatic rings. The molecule has 0 aliphatic carbocycles. The zero-order chi connectivity index (χ0) is 22.1. The van der Waals surface area contributed by atoms with Gasteiger partial charge in [0.15, 0.2) is 6.61 Å². The lowest BCUT2D eigenvalue weighted by Gasteiger charge is -2.14. The molecular formula is C25H23NO5. The number of hydrogen-bond donors (Lipinski definition) is 1. The van der Waals surface area contributed by atoms with E-state index in [1.807, 2.05) is 44.2 Å². The van der Waals surface area contributed by atoms with Crippen LogP contribution in [0, 0.1) is 20.8 Å². The van der Waals surface area contributed by atoms with Crippen LogP contribution in [0.25, 0.3) is 21.7 Å². The van der Waals surface area contributed by atoms with E-state index < -0.39 is 5.63 Å². The van der Waals surface area contributed by atoms with Crippen molar-refractivity contribution in [3.05, 3.63) is 75.6 Å². The Hall–Kier alpha value is -3.80. The Labute approximate surface area is 179 Å². The van der Waals surface area contributed by atoms with Crippen LogP contribution in [0.3, 0.4) is 0 Å². The molecule has 1 N–H and O–H groups in total. The summed E-state index contributed by atoms with van der Waals surface area (Å²) in [4.78, 5) is 25.0. The maximum Gasteiger partial charge on any atom is 0.344 e. The predicted octanol–water partition coefficient (Wildman–Crippen LogP) is 4.90.